The number of primary amides is 1. The molecule has 28 heavy (non-hydrogen) atoms. The lowest BCUT2D eigenvalue weighted by molar-refractivity contribution is 0.100. The van der Waals surface area contributed by atoms with E-state index in [4.69, 9.17) is 5.73 Å². The number of nitrogens with two attached hydrogens (primary N) is 1. The van der Waals surface area contributed by atoms with Gasteiger partial charge < -0.3 is 16.0 Å². The maximum absolute atomic E-state index is 11.9. The van der Waals surface area contributed by atoms with E-state index in [0.29, 0.717) is 11.6 Å². The summed E-state index contributed by atoms with van der Waals surface area (Å²) >= 11 is 0. The number of aromatic nitrogens is 2. The smallest absolute Gasteiger partial charge is 0.252 e. The number of hydrogen-bond acceptors (Lipinski definition) is 4. The Hall–Kier alpha value is -2.69. The summed E-state index contributed by atoms with van der Waals surface area (Å²) < 4.78 is 0. The molecule has 1 aromatic carbocycles. The minimum Gasteiger partial charge on any atom is -0.381 e. The first kappa shape index (κ1) is 18.7. The molecule has 0 saturated carbocycles. The Morgan fingerprint density at radius 2 is 2.11 bits per heavy atom. The van der Waals surface area contributed by atoms with Crippen molar-refractivity contribution in [1.82, 2.24) is 14.9 Å². The number of fused-ring (bicyclic) bond motifs is 1. The van der Waals surface area contributed by atoms with Gasteiger partial charge >= 0.3 is 0 Å². The second-order valence-corrected chi connectivity index (χ2v) is 7.48. The summed E-state index contributed by atoms with van der Waals surface area (Å²) in [5.74, 6) is 1.51. The van der Waals surface area contributed by atoms with E-state index in [1.54, 1.807) is 6.20 Å². The highest BCUT2D eigenvalue weighted by atomic mass is 31.0. The molecule has 1 aliphatic heterocycles. The summed E-state index contributed by atoms with van der Waals surface area (Å²) in [6, 6.07) is 10.7. The minimum atomic E-state index is -0.460. The first-order valence-electron chi connectivity index (χ1n) is 9.49. The fourth-order valence-corrected chi connectivity index (χ4v) is 4.13. The highest BCUT2D eigenvalue weighted by molar-refractivity contribution is 7.19. The molecule has 0 bridgehead atoms. The Balaban J connectivity index is 1.44. The van der Waals surface area contributed by atoms with Crippen molar-refractivity contribution in [2.24, 2.45) is 5.73 Å². The van der Waals surface area contributed by atoms with Gasteiger partial charge in [0.2, 0.25) is 0 Å². The van der Waals surface area contributed by atoms with Crippen molar-refractivity contribution in [2.75, 3.05) is 18.4 Å². The molecule has 2 aromatic heterocycles. The van der Waals surface area contributed by atoms with Crippen LogP contribution in [-0.4, -0.2) is 45.7 Å². The van der Waals surface area contributed by atoms with Crippen LogP contribution in [0.1, 0.15) is 34.3 Å². The maximum atomic E-state index is 11.9. The second kappa shape index (κ2) is 8.13. The zero-order valence-corrected chi connectivity index (χ0v) is 16.6. The van der Waals surface area contributed by atoms with Crippen molar-refractivity contribution >= 4 is 37.3 Å². The van der Waals surface area contributed by atoms with Crippen LogP contribution in [0.15, 0.2) is 42.7 Å². The Morgan fingerprint density at radius 3 is 2.86 bits per heavy atom. The van der Waals surface area contributed by atoms with E-state index >= 15 is 0 Å². The van der Waals surface area contributed by atoms with Gasteiger partial charge in [0, 0.05) is 43.5 Å². The highest BCUT2D eigenvalue weighted by Crippen LogP contribution is 2.28. The van der Waals surface area contributed by atoms with Crippen molar-refractivity contribution in [3.63, 3.8) is 0 Å². The average Bonchev–Trinajstić information content (AvgIpc) is 3.19. The number of nitrogens with one attached hydrogen (secondary N) is 2. The van der Waals surface area contributed by atoms with Crippen LogP contribution >= 0.6 is 8.86 Å². The van der Waals surface area contributed by atoms with E-state index in [9.17, 15) is 4.79 Å². The van der Waals surface area contributed by atoms with Crippen LogP contribution in [0.5, 0.6) is 0 Å². The van der Waals surface area contributed by atoms with Gasteiger partial charge in [-0.1, -0.05) is 24.3 Å². The third-order valence-corrected chi connectivity index (χ3v) is 5.70. The SMILES string of the molecule is NC(=O)c1cnc2[nH]ccc2c1NC1CCN(Cc2ccccc2C=P)CC1. The third-order valence-electron chi connectivity index (χ3n) is 5.39. The molecule has 1 aliphatic rings. The van der Waals surface area contributed by atoms with Gasteiger partial charge in [0.1, 0.15) is 5.65 Å². The number of piperidine rings is 1. The number of rotatable bonds is 6. The number of carbonyl (C=O) groups excluding carboxylic acids is 1. The minimum absolute atomic E-state index is 0.299. The van der Waals surface area contributed by atoms with E-state index in [-0.39, 0.29) is 0 Å². The summed E-state index contributed by atoms with van der Waals surface area (Å²) in [5.41, 5.74) is 10.1. The van der Waals surface area contributed by atoms with Crippen molar-refractivity contribution in [1.29, 1.82) is 0 Å². The largest absolute Gasteiger partial charge is 0.381 e. The summed E-state index contributed by atoms with van der Waals surface area (Å²) in [6.45, 7) is 2.94. The van der Waals surface area contributed by atoms with Gasteiger partial charge in [-0.05, 0) is 35.8 Å². The molecule has 0 atom stereocenters. The molecule has 0 aliphatic carbocycles. The molecule has 0 radical (unpaired) electrons. The number of amides is 1. The van der Waals surface area contributed by atoms with Gasteiger partial charge in [-0.25, -0.2) is 4.98 Å². The topological polar surface area (TPSA) is 87.0 Å². The summed E-state index contributed by atoms with van der Waals surface area (Å²) in [4.78, 5) is 21.7. The van der Waals surface area contributed by atoms with Gasteiger partial charge in [0.25, 0.3) is 5.91 Å². The van der Waals surface area contributed by atoms with Crippen molar-refractivity contribution in [2.45, 2.75) is 25.4 Å². The Bertz CT molecular complexity index is 1010. The molecule has 4 rings (SSSR count). The van der Waals surface area contributed by atoms with E-state index in [1.807, 2.05) is 18.1 Å². The number of carbonyl (C=O) groups is 1. The van der Waals surface area contributed by atoms with Gasteiger partial charge in [-0.3, -0.25) is 9.69 Å². The quantitative estimate of drug-likeness (QED) is 0.562. The Kier molecular flexibility index (Phi) is 5.42. The van der Waals surface area contributed by atoms with Crippen LogP contribution in [0.3, 0.4) is 0 Å². The van der Waals surface area contributed by atoms with Crippen LogP contribution in [0, 0.1) is 0 Å². The fourth-order valence-electron chi connectivity index (χ4n) is 3.85. The number of aromatic amines is 1. The summed E-state index contributed by atoms with van der Waals surface area (Å²) in [5, 5.41) is 4.47. The summed E-state index contributed by atoms with van der Waals surface area (Å²) in [6.07, 6.45) is 5.39. The van der Waals surface area contributed by atoms with Crippen LogP contribution in [0.25, 0.3) is 11.0 Å². The number of benzene rings is 1. The molecule has 3 aromatic rings. The molecule has 7 heteroatoms. The third kappa shape index (κ3) is 3.79. The van der Waals surface area contributed by atoms with Gasteiger partial charge in [0.15, 0.2) is 0 Å². The average molecular weight is 393 g/mol. The lowest BCUT2D eigenvalue weighted by Gasteiger charge is -2.33. The highest BCUT2D eigenvalue weighted by Gasteiger charge is 2.22. The number of likely N-dealkylation sites (tertiary alicyclic amines) is 1. The first-order chi connectivity index (χ1) is 13.7. The number of anilines is 1. The molecular weight excluding hydrogens is 369 g/mol. The Labute approximate surface area is 166 Å². The predicted molar refractivity (Wildman–Crippen MR) is 116 cm³/mol. The van der Waals surface area contributed by atoms with Crippen molar-refractivity contribution < 1.29 is 4.79 Å². The second-order valence-electron chi connectivity index (χ2n) is 7.19. The van der Waals surface area contributed by atoms with Crippen molar-refractivity contribution in [3.8, 4) is 0 Å². The van der Waals surface area contributed by atoms with Crippen LogP contribution in [0.4, 0.5) is 5.69 Å². The molecule has 1 saturated heterocycles. The number of pyridine rings is 1. The molecule has 0 spiro atoms. The lowest BCUT2D eigenvalue weighted by atomic mass is 10.0. The van der Waals surface area contributed by atoms with Crippen molar-refractivity contribution in [3.05, 3.63) is 59.4 Å². The van der Waals surface area contributed by atoms with E-state index in [0.717, 1.165) is 49.2 Å². The van der Waals surface area contributed by atoms with Crippen LogP contribution in [-0.2, 0) is 6.54 Å². The monoisotopic (exact) mass is 393 g/mol. The molecule has 1 amide bonds. The number of hydrogen-bond donors (Lipinski definition) is 3. The predicted octanol–water partition coefficient (Wildman–Crippen LogP) is 3.03. The van der Waals surface area contributed by atoms with Crippen LogP contribution in [0.2, 0.25) is 0 Å². The lowest BCUT2D eigenvalue weighted by Crippen LogP contribution is -2.39. The molecule has 4 N–H and O–H groups in total. The number of nitrogens with zero attached hydrogens (tertiary/aromatic N) is 2. The molecular formula is C21H24N5OP. The van der Waals surface area contributed by atoms with E-state index in [1.165, 1.54) is 11.1 Å². The standard InChI is InChI=1S/C21H24N5OP/c22-20(27)18-11-24-21-17(5-8-23-21)19(18)25-16-6-9-26(10-7-16)12-14-3-1-2-4-15(14)13-28/h1-5,8,11,13,16,28H,6-7,9-10,12H2,(H2,22,27)(H2,23,24,25). The zero-order valence-electron chi connectivity index (χ0n) is 15.6. The van der Waals surface area contributed by atoms with Gasteiger partial charge in [0.05, 0.1) is 11.3 Å². The van der Waals surface area contributed by atoms with Gasteiger partial charge in [-0.2, -0.15) is 0 Å². The van der Waals surface area contributed by atoms with Crippen LogP contribution < -0.4 is 11.1 Å². The van der Waals surface area contributed by atoms with E-state index in [2.05, 4.69) is 53.3 Å². The van der Waals surface area contributed by atoms with E-state index < -0.39 is 5.91 Å². The normalized spacial score (nSPS) is 15.6. The Morgan fingerprint density at radius 1 is 1.32 bits per heavy atom. The summed E-state index contributed by atoms with van der Waals surface area (Å²) in [7, 11) is 3.51. The molecule has 144 valence electrons. The first-order valence-corrected chi connectivity index (χ1v) is 10.1. The zero-order chi connectivity index (χ0) is 19.5. The molecule has 3 heterocycles. The molecule has 6 nitrogen and oxygen atoms in total. The number of H-pyrrole nitrogens is 1. The maximum Gasteiger partial charge on any atom is 0.252 e. The fraction of sp³-hybridized carbons (Fsp3) is 0.286. The molecule has 1 fully saturated rings. The molecule has 0 unspecified atom stereocenters. The van der Waals surface area contributed by atoms with Gasteiger partial charge in [-0.15, -0.1) is 8.86 Å².